The van der Waals surface area contributed by atoms with Crippen molar-refractivity contribution in [2.75, 3.05) is 7.11 Å². The van der Waals surface area contributed by atoms with E-state index in [1.807, 2.05) is 0 Å². The molecule has 6 heteroatoms. The Morgan fingerprint density at radius 3 is 2.56 bits per heavy atom. The highest BCUT2D eigenvalue weighted by Crippen LogP contribution is 2.30. The lowest BCUT2D eigenvalue weighted by Crippen LogP contribution is -2.15. The topological polar surface area (TPSA) is 98.8 Å². The Morgan fingerprint density at radius 2 is 2.06 bits per heavy atom. The van der Waals surface area contributed by atoms with Gasteiger partial charge < -0.3 is 20.3 Å². The molecule has 1 unspecified atom stereocenters. The number of esters is 1. The van der Waals surface area contributed by atoms with Gasteiger partial charge in [0.15, 0.2) is 11.5 Å². The molecule has 1 aromatic carbocycles. The van der Waals surface area contributed by atoms with Gasteiger partial charge in [-0.2, -0.15) is 0 Å². The van der Waals surface area contributed by atoms with E-state index < -0.39 is 18.0 Å². The first-order valence-corrected chi connectivity index (χ1v) is 5.27. The molecule has 1 aromatic rings. The first kappa shape index (κ1) is 14.0. The lowest BCUT2D eigenvalue weighted by molar-refractivity contribution is -0.137. The Hall–Kier alpha value is -2.08. The maximum absolute atomic E-state index is 10.9. The number of nitrogens with two attached hydrogens (primary N) is 1. The van der Waals surface area contributed by atoms with Gasteiger partial charge in [0.05, 0.1) is 13.5 Å². The van der Waals surface area contributed by atoms with E-state index in [1.54, 1.807) is 12.1 Å². The number of hydrogen-bond donors (Lipinski definition) is 2. The minimum Gasteiger partial charge on any atom is -0.493 e. The molecule has 0 radical (unpaired) electrons. The van der Waals surface area contributed by atoms with Crippen LogP contribution in [0.5, 0.6) is 11.5 Å². The van der Waals surface area contributed by atoms with Gasteiger partial charge in [0.2, 0.25) is 0 Å². The largest absolute Gasteiger partial charge is 0.493 e. The van der Waals surface area contributed by atoms with E-state index in [0.717, 1.165) is 0 Å². The van der Waals surface area contributed by atoms with Crippen molar-refractivity contribution < 1.29 is 24.2 Å². The smallest absolute Gasteiger partial charge is 0.308 e. The van der Waals surface area contributed by atoms with Crippen molar-refractivity contribution in [3.05, 3.63) is 23.8 Å². The van der Waals surface area contributed by atoms with Gasteiger partial charge in [0, 0.05) is 13.0 Å². The van der Waals surface area contributed by atoms with Gasteiger partial charge in [-0.3, -0.25) is 9.59 Å². The Labute approximate surface area is 104 Å². The highest BCUT2D eigenvalue weighted by Gasteiger charge is 2.14. The third-order valence-corrected chi connectivity index (χ3v) is 2.26. The fourth-order valence-electron chi connectivity index (χ4n) is 1.46. The number of benzene rings is 1. The van der Waals surface area contributed by atoms with Crippen LogP contribution in [-0.2, 0) is 9.59 Å². The van der Waals surface area contributed by atoms with E-state index >= 15 is 0 Å². The molecule has 3 N–H and O–H groups in total. The highest BCUT2D eigenvalue weighted by molar-refractivity contribution is 5.71. The Balaban J connectivity index is 2.97. The number of ether oxygens (including phenoxy) is 2. The molecule has 0 heterocycles. The van der Waals surface area contributed by atoms with E-state index in [2.05, 4.69) is 0 Å². The summed E-state index contributed by atoms with van der Waals surface area (Å²) in [5.41, 5.74) is 6.33. The predicted molar refractivity (Wildman–Crippen MR) is 63.5 cm³/mol. The highest BCUT2D eigenvalue weighted by atomic mass is 16.6. The molecule has 0 fully saturated rings. The third-order valence-electron chi connectivity index (χ3n) is 2.26. The number of carbonyl (C=O) groups excluding carboxylic acids is 1. The molecule has 0 aliphatic rings. The molecule has 0 spiro atoms. The summed E-state index contributed by atoms with van der Waals surface area (Å²) in [5.74, 6) is -0.832. The molecule has 0 amide bonds. The van der Waals surface area contributed by atoms with Crippen molar-refractivity contribution in [1.29, 1.82) is 0 Å². The van der Waals surface area contributed by atoms with Crippen molar-refractivity contribution in [1.82, 2.24) is 0 Å². The Kier molecular flexibility index (Phi) is 4.67. The van der Waals surface area contributed by atoms with E-state index in [0.29, 0.717) is 11.3 Å². The second-order valence-corrected chi connectivity index (χ2v) is 3.71. The number of carboxylic acid groups (broad SMARTS) is 1. The number of hydrogen-bond acceptors (Lipinski definition) is 5. The van der Waals surface area contributed by atoms with E-state index in [1.165, 1.54) is 20.1 Å². The summed E-state index contributed by atoms with van der Waals surface area (Å²) in [6.45, 7) is 1.28. The first-order chi connectivity index (χ1) is 8.43. The van der Waals surface area contributed by atoms with Crippen molar-refractivity contribution >= 4 is 11.9 Å². The number of methoxy groups -OCH3 is 1. The zero-order valence-corrected chi connectivity index (χ0v) is 10.2. The molecular weight excluding hydrogens is 238 g/mol. The van der Waals surface area contributed by atoms with Crippen LogP contribution in [0.2, 0.25) is 0 Å². The summed E-state index contributed by atoms with van der Waals surface area (Å²) in [7, 11) is 1.43. The van der Waals surface area contributed by atoms with Gasteiger partial charge in [-0.15, -0.1) is 0 Å². The maximum Gasteiger partial charge on any atom is 0.308 e. The monoisotopic (exact) mass is 253 g/mol. The Bertz CT molecular complexity index is 458. The SMILES string of the molecule is COc1cc(C(N)CC(=O)O)ccc1OC(C)=O. The molecule has 18 heavy (non-hydrogen) atoms. The van der Waals surface area contributed by atoms with E-state index in [-0.39, 0.29) is 12.2 Å². The molecule has 1 atom stereocenters. The van der Waals surface area contributed by atoms with Crippen molar-refractivity contribution in [3.8, 4) is 11.5 Å². The van der Waals surface area contributed by atoms with Gasteiger partial charge >= 0.3 is 11.9 Å². The zero-order chi connectivity index (χ0) is 13.7. The van der Waals surface area contributed by atoms with E-state index in [9.17, 15) is 9.59 Å². The molecule has 0 saturated carbocycles. The maximum atomic E-state index is 10.9. The average Bonchev–Trinajstić information content (AvgIpc) is 2.27. The number of aliphatic carboxylic acids is 1. The summed E-state index contributed by atoms with van der Waals surface area (Å²) in [5, 5.41) is 8.66. The van der Waals surface area contributed by atoms with Crippen molar-refractivity contribution in [2.24, 2.45) is 5.73 Å². The van der Waals surface area contributed by atoms with Crippen LogP contribution in [0.4, 0.5) is 0 Å². The summed E-state index contributed by atoms with van der Waals surface area (Å²) in [6, 6.07) is 4.06. The van der Waals surface area contributed by atoms with Crippen LogP contribution in [0, 0.1) is 0 Å². The van der Waals surface area contributed by atoms with Crippen LogP contribution in [0.15, 0.2) is 18.2 Å². The second-order valence-electron chi connectivity index (χ2n) is 3.71. The van der Waals surface area contributed by atoms with Crippen LogP contribution >= 0.6 is 0 Å². The van der Waals surface area contributed by atoms with E-state index in [4.69, 9.17) is 20.3 Å². The van der Waals surface area contributed by atoms with Crippen LogP contribution in [0.3, 0.4) is 0 Å². The van der Waals surface area contributed by atoms with Crippen LogP contribution in [0.25, 0.3) is 0 Å². The summed E-state index contributed by atoms with van der Waals surface area (Å²) in [4.78, 5) is 21.4. The number of carboxylic acids is 1. The molecule has 6 nitrogen and oxygen atoms in total. The van der Waals surface area contributed by atoms with Gasteiger partial charge in [0.1, 0.15) is 0 Å². The molecule has 0 saturated heterocycles. The van der Waals surface area contributed by atoms with Gasteiger partial charge in [-0.1, -0.05) is 6.07 Å². The van der Waals surface area contributed by atoms with Crippen LogP contribution < -0.4 is 15.2 Å². The minimum atomic E-state index is -0.981. The molecule has 0 aliphatic heterocycles. The fraction of sp³-hybridized carbons (Fsp3) is 0.333. The molecule has 0 aromatic heterocycles. The molecule has 0 aliphatic carbocycles. The predicted octanol–water partition coefficient (Wildman–Crippen LogP) is 1.09. The lowest BCUT2D eigenvalue weighted by atomic mass is 10.0. The summed E-state index contributed by atoms with van der Waals surface area (Å²) in [6.07, 6.45) is -0.184. The average molecular weight is 253 g/mol. The minimum absolute atomic E-state index is 0.184. The van der Waals surface area contributed by atoms with Crippen molar-refractivity contribution in [2.45, 2.75) is 19.4 Å². The normalized spacial score (nSPS) is 11.7. The zero-order valence-electron chi connectivity index (χ0n) is 10.2. The number of carbonyl (C=O) groups is 2. The van der Waals surface area contributed by atoms with Gasteiger partial charge in [0.25, 0.3) is 0 Å². The first-order valence-electron chi connectivity index (χ1n) is 5.27. The molecule has 0 bridgehead atoms. The summed E-state index contributed by atoms with van der Waals surface area (Å²) < 4.78 is 9.99. The molecule has 1 rings (SSSR count). The van der Waals surface area contributed by atoms with Gasteiger partial charge in [-0.05, 0) is 17.7 Å². The quantitative estimate of drug-likeness (QED) is 0.602. The summed E-state index contributed by atoms with van der Waals surface area (Å²) >= 11 is 0. The number of rotatable bonds is 5. The van der Waals surface area contributed by atoms with Crippen LogP contribution in [0.1, 0.15) is 24.9 Å². The standard InChI is InChI=1S/C12H15NO5/c1-7(14)18-10-4-3-8(5-11(10)17-2)9(13)6-12(15)16/h3-5,9H,6,13H2,1-2H3,(H,15,16). The Morgan fingerprint density at radius 1 is 1.39 bits per heavy atom. The third kappa shape index (κ3) is 3.74. The van der Waals surface area contributed by atoms with Gasteiger partial charge in [-0.25, -0.2) is 0 Å². The molecule has 98 valence electrons. The molecular formula is C12H15NO5. The fourth-order valence-corrected chi connectivity index (χ4v) is 1.46. The second kappa shape index (κ2) is 6.02. The lowest BCUT2D eigenvalue weighted by Gasteiger charge is -2.13. The van der Waals surface area contributed by atoms with Crippen molar-refractivity contribution in [3.63, 3.8) is 0 Å². The van der Waals surface area contributed by atoms with Crippen LogP contribution in [-0.4, -0.2) is 24.2 Å².